The monoisotopic (exact) mass is 429 g/mol. The van der Waals surface area contributed by atoms with E-state index in [1.165, 1.54) is 16.8 Å². The van der Waals surface area contributed by atoms with Crippen molar-refractivity contribution in [2.24, 2.45) is 0 Å². The second-order valence-electron chi connectivity index (χ2n) is 8.18. The Hall–Kier alpha value is -3.31. The van der Waals surface area contributed by atoms with Gasteiger partial charge in [0.05, 0.1) is 13.7 Å². The van der Waals surface area contributed by atoms with Gasteiger partial charge in [-0.3, -0.25) is 9.69 Å². The van der Waals surface area contributed by atoms with E-state index in [1.807, 2.05) is 29.2 Å². The van der Waals surface area contributed by atoms with Crippen LogP contribution in [-0.4, -0.2) is 55.5 Å². The van der Waals surface area contributed by atoms with Crippen molar-refractivity contribution in [2.45, 2.75) is 13.1 Å². The maximum absolute atomic E-state index is 13.2. The van der Waals surface area contributed by atoms with Crippen LogP contribution in [-0.2, 0) is 17.9 Å². The molecule has 1 aliphatic heterocycles. The molecule has 1 aliphatic rings. The second kappa shape index (κ2) is 10.8. The van der Waals surface area contributed by atoms with Gasteiger partial charge in [-0.2, -0.15) is 0 Å². The summed E-state index contributed by atoms with van der Waals surface area (Å²) in [6, 6.07) is 28.9. The summed E-state index contributed by atoms with van der Waals surface area (Å²) in [5.41, 5.74) is 3.62. The molecule has 0 aromatic heterocycles. The first-order chi connectivity index (χ1) is 15.7. The highest BCUT2D eigenvalue weighted by Crippen LogP contribution is 2.21. The van der Waals surface area contributed by atoms with Crippen molar-refractivity contribution in [3.8, 4) is 5.75 Å². The van der Waals surface area contributed by atoms with Crippen molar-refractivity contribution in [1.29, 1.82) is 0 Å². The number of benzene rings is 3. The van der Waals surface area contributed by atoms with Gasteiger partial charge in [-0.05, 0) is 35.4 Å². The van der Waals surface area contributed by atoms with E-state index in [1.54, 1.807) is 7.11 Å². The van der Waals surface area contributed by atoms with Gasteiger partial charge in [-0.15, -0.1) is 0 Å². The summed E-state index contributed by atoms with van der Waals surface area (Å²) in [5, 5.41) is 0. The van der Waals surface area contributed by atoms with E-state index in [-0.39, 0.29) is 5.91 Å². The third kappa shape index (κ3) is 5.89. The maximum atomic E-state index is 13.2. The number of ether oxygens (including phenoxy) is 1. The minimum absolute atomic E-state index is 0.200. The molecule has 0 aliphatic carbocycles. The van der Waals surface area contributed by atoms with Crippen molar-refractivity contribution in [3.05, 3.63) is 96.1 Å². The minimum Gasteiger partial charge on any atom is -0.497 e. The van der Waals surface area contributed by atoms with Crippen LogP contribution in [0.25, 0.3) is 0 Å². The van der Waals surface area contributed by atoms with Gasteiger partial charge in [-0.25, -0.2) is 0 Å². The molecule has 1 heterocycles. The Balaban J connectivity index is 1.36. The number of piperazine rings is 1. The Morgan fingerprint density at radius 3 is 1.81 bits per heavy atom. The number of anilines is 1. The number of amides is 1. The van der Waals surface area contributed by atoms with E-state index in [0.717, 1.165) is 45.0 Å². The Morgan fingerprint density at radius 1 is 0.781 bits per heavy atom. The molecule has 1 amide bonds. The van der Waals surface area contributed by atoms with Crippen LogP contribution < -0.4 is 9.64 Å². The fraction of sp³-hybridized carbons (Fsp3) is 0.296. The number of nitrogens with zero attached hydrogens (tertiary/aromatic N) is 3. The third-order valence-electron chi connectivity index (χ3n) is 5.93. The van der Waals surface area contributed by atoms with Crippen LogP contribution in [0.1, 0.15) is 11.1 Å². The largest absolute Gasteiger partial charge is 0.497 e. The van der Waals surface area contributed by atoms with Crippen LogP contribution >= 0.6 is 0 Å². The number of carbonyl (C=O) groups excluding carboxylic acids is 1. The zero-order valence-corrected chi connectivity index (χ0v) is 18.7. The first kappa shape index (κ1) is 21.9. The van der Waals surface area contributed by atoms with Crippen molar-refractivity contribution < 1.29 is 9.53 Å². The van der Waals surface area contributed by atoms with Gasteiger partial charge in [0, 0.05) is 45.0 Å². The number of hydrogen-bond donors (Lipinski definition) is 0. The normalized spacial score (nSPS) is 13.9. The molecule has 166 valence electrons. The second-order valence-corrected chi connectivity index (χ2v) is 8.18. The van der Waals surface area contributed by atoms with Crippen molar-refractivity contribution in [3.63, 3.8) is 0 Å². The van der Waals surface area contributed by atoms with Crippen molar-refractivity contribution in [1.82, 2.24) is 9.80 Å². The highest BCUT2D eigenvalue weighted by atomic mass is 16.5. The summed E-state index contributed by atoms with van der Waals surface area (Å²) in [6.07, 6.45) is 0. The predicted molar refractivity (Wildman–Crippen MR) is 129 cm³/mol. The Bertz CT molecular complexity index is 927. The smallest absolute Gasteiger partial charge is 0.236 e. The highest BCUT2D eigenvalue weighted by Gasteiger charge is 2.23. The van der Waals surface area contributed by atoms with Gasteiger partial charge >= 0.3 is 0 Å². The molecule has 0 atom stereocenters. The Morgan fingerprint density at radius 2 is 1.31 bits per heavy atom. The standard InChI is InChI=1S/C27H31N3O2/c1-32-26-14-12-25(13-15-26)29-16-18-30(19-17-29)27(31)22-28(20-23-8-4-2-5-9-23)21-24-10-6-3-7-11-24/h2-15H,16-22H2,1H3. The summed E-state index contributed by atoms with van der Waals surface area (Å²) < 4.78 is 5.25. The summed E-state index contributed by atoms with van der Waals surface area (Å²) in [4.78, 5) is 19.7. The summed E-state index contributed by atoms with van der Waals surface area (Å²) in [7, 11) is 1.68. The molecule has 0 radical (unpaired) electrons. The fourth-order valence-corrected chi connectivity index (χ4v) is 4.15. The van der Waals surface area contributed by atoms with E-state index in [9.17, 15) is 4.79 Å². The lowest BCUT2D eigenvalue weighted by Gasteiger charge is -2.37. The number of hydrogen-bond acceptors (Lipinski definition) is 4. The lowest BCUT2D eigenvalue weighted by molar-refractivity contribution is -0.133. The van der Waals surface area contributed by atoms with Crippen LogP contribution in [0.15, 0.2) is 84.9 Å². The van der Waals surface area contributed by atoms with Crippen molar-refractivity contribution >= 4 is 11.6 Å². The summed E-state index contributed by atoms with van der Waals surface area (Å²) >= 11 is 0. The molecule has 0 N–H and O–H groups in total. The molecule has 4 rings (SSSR count). The van der Waals surface area contributed by atoms with Gasteiger partial charge in [-0.1, -0.05) is 60.7 Å². The quantitative estimate of drug-likeness (QED) is 0.541. The first-order valence-corrected chi connectivity index (χ1v) is 11.2. The van der Waals surface area contributed by atoms with E-state index in [2.05, 4.69) is 70.5 Å². The maximum Gasteiger partial charge on any atom is 0.236 e. The molecule has 3 aromatic rings. The van der Waals surface area contributed by atoms with E-state index >= 15 is 0 Å². The molecule has 1 fully saturated rings. The molecule has 0 bridgehead atoms. The third-order valence-corrected chi connectivity index (χ3v) is 5.93. The zero-order chi connectivity index (χ0) is 22.2. The van der Waals surface area contributed by atoms with Gasteiger partial charge in [0.1, 0.15) is 5.75 Å². The lowest BCUT2D eigenvalue weighted by atomic mass is 10.1. The van der Waals surface area contributed by atoms with E-state index in [4.69, 9.17) is 4.74 Å². The first-order valence-electron chi connectivity index (χ1n) is 11.2. The molecule has 32 heavy (non-hydrogen) atoms. The highest BCUT2D eigenvalue weighted by molar-refractivity contribution is 5.78. The van der Waals surface area contributed by atoms with Crippen LogP contribution in [0.5, 0.6) is 5.75 Å². The molecule has 1 saturated heterocycles. The molecule has 0 spiro atoms. The predicted octanol–water partition coefficient (Wildman–Crippen LogP) is 4.05. The van der Waals surface area contributed by atoms with Crippen LogP contribution in [0.2, 0.25) is 0 Å². The Labute approximate surface area is 190 Å². The van der Waals surface area contributed by atoms with E-state index in [0.29, 0.717) is 6.54 Å². The number of carbonyl (C=O) groups is 1. The minimum atomic E-state index is 0.200. The topological polar surface area (TPSA) is 36.0 Å². The van der Waals surface area contributed by atoms with Crippen LogP contribution in [0.3, 0.4) is 0 Å². The lowest BCUT2D eigenvalue weighted by Crippen LogP contribution is -2.51. The number of methoxy groups -OCH3 is 1. The molecular weight excluding hydrogens is 398 g/mol. The molecule has 0 unspecified atom stereocenters. The average molecular weight is 430 g/mol. The Kier molecular flexibility index (Phi) is 7.41. The molecule has 0 saturated carbocycles. The zero-order valence-electron chi connectivity index (χ0n) is 18.7. The van der Waals surface area contributed by atoms with Gasteiger partial charge in [0.2, 0.25) is 5.91 Å². The van der Waals surface area contributed by atoms with Crippen LogP contribution in [0, 0.1) is 0 Å². The van der Waals surface area contributed by atoms with Gasteiger partial charge < -0.3 is 14.5 Å². The molecule has 5 heteroatoms. The summed E-state index contributed by atoms with van der Waals surface area (Å²) in [6.45, 7) is 5.11. The molecular formula is C27H31N3O2. The van der Waals surface area contributed by atoms with Crippen molar-refractivity contribution in [2.75, 3.05) is 44.7 Å². The molecule has 3 aromatic carbocycles. The number of rotatable bonds is 8. The van der Waals surface area contributed by atoms with Gasteiger partial charge in [0.25, 0.3) is 0 Å². The summed E-state index contributed by atoms with van der Waals surface area (Å²) in [5.74, 6) is 1.06. The van der Waals surface area contributed by atoms with E-state index < -0.39 is 0 Å². The SMILES string of the molecule is COc1ccc(N2CCN(C(=O)CN(Cc3ccccc3)Cc3ccccc3)CC2)cc1. The average Bonchev–Trinajstić information content (AvgIpc) is 2.85. The van der Waals surface area contributed by atoms with Crippen LogP contribution in [0.4, 0.5) is 5.69 Å². The fourth-order valence-electron chi connectivity index (χ4n) is 4.15. The van der Waals surface area contributed by atoms with Gasteiger partial charge in [0.15, 0.2) is 0 Å². The molecule has 5 nitrogen and oxygen atoms in total.